The lowest BCUT2D eigenvalue weighted by atomic mass is 10.1. The first-order valence-electron chi connectivity index (χ1n) is 4.28. The van der Waals surface area contributed by atoms with Crippen molar-refractivity contribution in [3.8, 4) is 11.3 Å². The van der Waals surface area contributed by atoms with Crippen LogP contribution in [0.3, 0.4) is 0 Å². The smallest absolute Gasteiger partial charge is 0.270 e. The summed E-state index contributed by atoms with van der Waals surface area (Å²) in [6, 6.07) is 4.91. The molecule has 2 aromatic rings. The molecule has 2 heterocycles. The molecule has 0 bridgehead atoms. The second kappa shape index (κ2) is 3.53. The first-order valence-corrected chi connectivity index (χ1v) is 4.28. The predicted octanol–water partition coefficient (Wildman–Crippen LogP) is 1.31. The van der Waals surface area contributed by atoms with Crippen molar-refractivity contribution in [2.24, 2.45) is 5.73 Å². The van der Waals surface area contributed by atoms with Gasteiger partial charge >= 0.3 is 0 Å². The van der Waals surface area contributed by atoms with Crippen molar-refractivity contribution in [3.05, 3.63) is 42.1 Å². The van der Waals surface area contributed by atoms with Gasteiger partial charge in [0.15, 0.2) is 11.5 Å². The molecule has 0 aromatic carbocycles. The summed E-state index contributed by atoms with van der Waals surface area (Å²) in [5, 5.41) is 0. The maximum Gasteiger partial charge on any atom is 0.270 e. The molecule has 15 heavy (non-hydrogen) atoms. The van der Waals surface area contributed by atoms with Crippen molar-refractivity contribution in [2.75, 3.05) is 0 Å². The SMILES string of the molecule is NC(=O)c1nccc(-c2ccc[nH]2)c1F. The Balaban J connectivity index is 2.59. The molecule has 0 saturated carbocycles. The van der Waals surface area contributed by atoms with Gasteiger partial charge in [0.2, 0.25) is 0 Å². The Hall–Kier alpha value is -2.17. The highest BCUT2D eigenvalue weighted by molar-refractivity contribution is 5.92. The van der Waals surface area contributed by atoms with Crippen molar-refractivity contribution < 1.29 is 9.18 Å². The lowest BCUT2D eigenvalue weighted by Crippen LogP contribution is -2.15. The Morgan fingerprint density at radius 3 is 2.87 bits per heavy atom. The first kappa shape index (κ1) is 9.39. The minimum atomic E-state index is -0.874. The molecule has 2 aromatic heterocycles. The van der Waals surface area contributed by atoms with E-state index in [9.17, 15) is 9.18 Å². The third kappa shape index (κ3) is 1.59. The number of H-pyrrole nitrogens is 1. The van der Waals surface area contributed by atoms with Gasteiger partial charge in [0.1, 0.15) is 0 Å². The molecule has 0 fully saturated rings. The number of rotatable bonds is 2. The van der Waals surface area contributed by atoms with Gasteiger partial charge in [0.25, 0.3) is 5.91 Å². The molecule has 0 spiro atoms. The number of hydrogen-bond donors (Lipinski definition) is 2. The van der Waals surface area contributed by atoms with Crippen LogP contribution in [0.15, 0.2) is 30.6 Å². The van der Waals surface area contributed by atoms with E-state index in [0.29, 0.717) is 5.69 Å². The van der Waals surface area contributed by atoms with Crippen LogP contribution >= 0.6 is 0 Å². The quantitative estimate of drug-likeness (QED) is 0.775. The summed E-state index contributed by atoms with van der Waals surface area (Å²) in [7, 11) is 0. The lowest BCUT2D eigenvalue weighted by molar-refractivity contribution is 0.0991. The average molecular weight is 205 g/mol. The standard InChI is InChI=1S/C10H8FN3O/c11-8-6(7-2-1-4-13-7)3-5-14-9(8)10(12)15/h1-5,13H,(H2,12,15). The van der Waals surface area contributed by atoms with Gasteiger partial charge in [-0.15, -0.1) is 0 Å². The molecule has 0 atom stereocenters. The van der Waals surface area contributed by atoms with E-state index in [1.807, 2.05) is 0 Å². The fourth-order valence-electron chi connectivity index (χ4n) is 1.32. The third-order valence-electron chi connectivity index (χ3n) is 2.01. The Morgan fingerprint density at radius 2 is 2.27 bits per heavy atom. The van der Waals surface area contributed by atoms with Gasteiger partial charge in [-0.3, -0.25) is 4.79 Å². The van der Waals surface area contributed by atoms with Crippen molar-refractivity contribution in [3.63, 3.8) is 0 Å². The van der Waals surface area contributed by atoms with Gasteiger partial charge in [0.05, 0.1) is 0 Å². The van der Waals surface area contributed by atoms with Crippen LogP contribution in [-0.2, 0) is 0 Å². The lowest BCUT2D eigenvalue weighted by Gasteiger charge is -2.02. The van der Waals surface area contributed by atoms with Crippen LogP contribution in [0, 0.1) is 5.82 Å². The zero-order chi connectivity index (χ0) is 10.8. The van der Waals surface area contributed by atoms with E-state index >= 15 is 0 Å². The minimum Gasteiger partial charge on any atom is -0.364 e. The summed E-state index contributed by atoms with van der Waals surface area (Å²) in [5.74, 6) is -1.58. The van der Waals surface area contributed by atoms with Gasteiger partial charge in [-0.2, -0.15) is 0 Å². The molecule has 0 radical (unpaired) electrons. The largest absolute Gasteiger partial charge is 0.364 e. The molecule has 0 aliphatic carbocycles. The van der Waals surface area contributed by atoms with Gasteiger partial charge in [-0.25, -0.2) is 9.37 Å². The van der Waals surface area contributed by atoms with Crippen molar-refractivity contribution in [2.45, 2.75) is 0 Å². The summed E-state index contributed by atoms with van der Waals surface area (Å²) in [5.41, 5.74) is 5.50. The van der Waals surface area contributed by atoms with E-state index in [0.717, 1.165) is 0 Å². The number of halogens is 1. The number of amides is 1. The van der Waals surface area contributed by atoms with Crippen LogP contribution in [0.1, 0.15) is 10.5 Å². The van der Waals surface area contributed by atoms with E-state index in [1.165, 1.54) is 12.3 Å². The van der Waals surface area contributed by atoms with E-state index in [-0.39, 0.29) is 11.3 Å². The van der Waals surface area contributed by atoms with Gasteiger partial charge in [-0.1, -0.05) is 0 Å². The second-order valence-electron chi connectivity index (χ2n) is 2.97. The first-order chi connectivity index (χ1) is 7.20. The van der Waals surface area contributed by atoms with Crippen LogP contribution in [0.5, 0.6) is 0 Å². The minimum absolute atomic E-state index is 0.281. The van der Waals surface area contributed by atoms with Crippen LogP contribution < -0.4 is 5.73 Å². The van der Waals surface area contributed by atoms with Gasteiger partial charge in [0, 0.05) is 23.7 Å². The number of primary amides is 1. The Kier molecular flexibility index (Phi) is 2.21. The molecular formula is C10H8FN3O. The predicted molar refractivity (Wildman–Crippen MR) is 52.5 cm³/mol. The van der Waals surface area contributed by atoms with Crippen molar-refractivity contribution in [1.29, 1.82) is 0 Å². The Morgan fingerprint density at radius 1 is 1.47 bits per heavy atom. The number of carbonyl (C=O) groups excluding carboxylic acids is 1. The van der Waals surface area contributed by atoms with Crippen molar-refractivity contribution >= 4 is 5.91 Å². The van der Waals surface area contributed by atoms with Crippen LogP contribution in [-0.4, -0.2) is 15.9 Å². The molecule has 0 saturated heterocycles. The molecule has 4 nitrogen and oxygen atoms in total. The number of aromatic nitrogens is 2. The van der Waals surface area contributed by atoms with E-state index in [4.69, 9.17) is 5.73 Å². The topological polar surface area (TPSA) is 71.8 Å². The van der Waals surface area contributed by atoms with Crippen LogP contribution in [0.2, 0.25) is 0 Å². The maximum absolute atomic E-state index is 13.7. The number of nitrogens with zero attached hydrogens (tertiary/aromatic N) is 1. The molecular weight excluding hydrogens is 197 g/mol. The van der Waals surface area contributed by atoms with E-state index in [2.05, 4.69) is 9.97 Å². The molecule has 2 rings (SSSR count). The number of nitrogens with two attached hydrogens (primary N) is 1. The number of aromatic amines is 1. The average Bonchev–Trinajstić information content (AvgIpc) is 2.70. The zero-order valence-electron chi connectivity index (χ0n) is 7.70. The van der Waals surface area contributed by atoms with Crippen molar-refractivity contribution in [1.82, 2.24) is 9.97 Å². The molecule has 0 aliphatic heterocycles. The van der Waals surface area contributed by atoms with Crippen LogP contribution in [0.25, 0.3) is 11.3 Å². The third-order valence-corrected chi connectivity index (χ3v) is 2.01. The highest BCUT2D eigenvalue weighted by Gasteiger charge is 2.15. The molecule has 0 aliphatic rings. The second-order valence-corrected chi connectivity index (χ2v) is 2.97. The fourth-order valence-corrected chi connectivity index (χ4v) is 1.32. The Labute approximate surface area is 84.9 Å². The monoisotopic (exact) mass is 205 g/mol. The highest BCUT2D eigenvalue weighted by atomic mass is 19.1. The summed E-state index contributed by atoms with van der Waals surface area (Å²) >= 11 is 0. The number of pyridine rings is 1. The number of nitrogens with one attached hydrogen (secondary N) is 1. The summed E-state index contributed by atoms with van der Waals surface area (Å²) in [4.78, 5) is 17.3. The fraction of sp³-hybridized carbons (Fsp3) is 0. The molecule has 1 amide bonds. The molecule has 5 heteroatoms. The number of hydrogen-bond acceptors (Lipinski definition) is 2. The molecule has 3 N–H and O–H groups in total. The highest BCUT2D eigenvalue weighted by Crippen LogP contribution is 2.21. The zero-order valence-corrected chi connectivity index (χ0v) is 7.70. The molecule has 76 valence electrons. The van der Waals surface area contributed by atoms with Gasteiger partial charge < -0.3 is 10.7 Å². The van der Waals surface area contributed by atoms with E-state index < -0.39 is 11.7 Å². The normalized spacial score (nSPS) is 10.2. The summed E-state index contributed by atoms with van der Waals surface area (Å²) in [6.45, 7) is 0. The Bertz CT molecular complexity index is 493. The number of carbonyl (C=O) groups is 1. The van der Waals surface area contributed by atoms with Gasteiger partial charge in [-0.05, 0) is 18.2 Å². The van der Waals surface area contributed by atoms with Crippen LogP contribution in [0.4, 0.5) is 4.39 Å². The van der Waals surface area contributed by atoms with E-state index in [1.54, 1.807) is 18.3 Å². The maximum atomic E-state index is 13.7. The summed E-state index contributed by atoms with van der Waals surface area (Å²) in [6.07, 6.45) is 3.01. The summed E-state index contributed by atoms with van der Waals surface area (Å²) < 4.78 is 13.7. The molecule has 0 unspecified atom stereocenters.